The Morgan fingerprint density at radius 3 is 2.81 bits per heavy atom. The van der Waals surface area contributed by atoms with Gasteiger partial charge in [-0.3, -0.25) is 4.79 Å². The van der Waals surface area contributed by atoms with Gasteiger partial charge in [-0.05, 0) is 39.5 Å². The van der Waals surface area contributed by atoms with E-state index < -0.39 is 0 Å². The molecule has 2 fully saturated rings. The minimum absolute atomic E-state index is 0.0577. The fourth-order valence-electron chi connectivity index (χ4n) is 2.67. The molecule has 1 amide bonds. The van der Waals surface area contributed by atoms with Gasteiger partial charge in [0.2, 0.25) is 5.91 Å². The van der Waals surface area contributed by atoms with Crippen LogP contribution < -0.4 is 5.32 Å². The number of nitriles is 1. The number of nitrogens with zero attached hydrogens (tertiary/aromatic N) is 2. The van der Waals surface area contributed by atoms with Gasteiger partial charge in [-0.25, -0.2) is 0 Å². The second kappa shape index (κ2) is 4.06. The fraction of sp³-hybridized carbons (Fsp3) is 0.833. The van der Waals surface area contributed by atoms with Gasteiger partial charge in [-0.15, -0.1) is 0 Å². The van der Waals surface area contributed by atoms with Gasteiger partial charge in [-0.1, -0.05) is 0 Å². The Labute approximate surface area is 96.6 Å². The number of likely N-dealkylation sites (tertiary alicyclic amines) is 1. The Bertz CT molecular complexity index is 332. The number of hydrogen-bond donors (Lipinski definition) is 1. The summed E-state index contributed by atoms with van der Waals surface area (Å²) >= 11 is 0. The summed E-state index contributed by atoms with van der Waals surface area (Å²) in [5.74, 6) is 0.120. The first-order valence-electron chi connectivity index (χ1n) is 6.01. The summed E-state index contributed by atoms with van der Waals surface area (Å²) in [7, 11) is 0. The first-order valence-corrected chi connectivity index (χ1v) is 6.01. The van der Waals surface area contributed by atoms with Gasteiger partial charge >= 0.3 is 0 Å². The molecule has 0 aromatic heterocycles. The van der Waals surface area contributed by atoms with Crippen LogP contribution in [0.3, 0.4) is 0 Å². The monoisotopic (exact) mass is 221 g/mol. The smallest absolute Gasteiger partial charge is 0.240 e. The third-order valence-electron chi connectivity index (χ3n) is 3.61. The highest BCUT2D eigenvalue weighted by Gasteiger charge is 2.39. The van der Waals surface area contributed by atoms with Gasteiger partial charge < -0.3 is 10.2 Å². The number of carbonyl (C=O) groups excluding carboxylic acids is 1. The van der Waals surface area contributed by atoms with Crippen LogP contribution in [0.5, 0.6) is 0 Å². The quantitative estimate of drug-likeness (QED) is 0.719. The van der Waals surface area contributed by atoms with E-state index in [0.29, 0.717) is 0 Å². The molecule has 0 aromatic carbocycles. The molecule has 1 unspecified atom stereocenters. The highest BCUT2D eigenvalue weighted by Crippen LogP contribution is 2.26. The van der Waals surface area contributed by atoms with E-state index in [9.17, 15) is 4.79 Å². The minimum Gasteiger partial charge on any atom is -0.325 e. The van der Waals surface area contributed by atoms with Crippen LogP contribution in [-0.4, -0.2) is 35.0 Å². The summed E-state index contributed by atoms with van der Waals surface area (Å²) in [4.78, 5) is 14.0. The van der Waals surface area contributed by atoms with E-state index in [2.05, 4.69) is 25.2 Å². The number of nitrogens with one attached hydrogen (secondary N) is 1. The van der Waals surface area contributed by atoms with Crippen molar-refractivity contribution in [2.45, 2.75) is 57.2 Å². The topological polar surface area (TPSA) is 56.1 Å². The molecule has 0 bridgehead atoms. The zero-order chi connectivity index (χ0) is 11.8. The summed E-state index contributed by atoms with van der Waals surface area (Å²) in [5, 5.41) is 12.3. The van der Waals surface area contributed by atoms with Crippen LogP contribution >= 0.6 is 0 Å². The molecule has 1 N–H and O–H groups in total. The zero-order valence-corrected chi connectivity index (χ0v) is 9.99. The van der Waals surface area contributed by atoms with Crippen molar-refractivity contribution in [3.05, 3.63) is 0 Å². The standard InChI is InChI=1S/C12H19N3O/c1-12(2)6-5-10(14-12)11(16)15-7-3-4-9(15)8-13/h9-10,14H,3-7H2,1-2H3/t9?,10-/m0/s1. The molecule has 88 valence electrons. The van der Waals surface area contributed by atoms with Gasteiger partial charge in [0.05, 0.1) is 12.1 Å². The number of hydrogen-bond acceptors (Lipinski definition) is 3. The van der Waals surface area contributed by atoms with Crippen molar-refractivity contribution < 1.29 is 4.79 Å². The maximum Gasteiger partial charge on any atom is 0.240 e. The van der Waals surface area contributed by atoms with Crippen LogP contribution in [0.4, 0.5) is 0 Å². The van der Waals surface area contributed by atoms with E-state index in [0.717, 1.165) is 32.2 Å². The van der Waals surface area contributed by atoms with E-state index in [1.807, 2.05) is 0 Å². The number of rotatable bonds is 1. The maximum atomic E-state index is 12.2. The first kappa shape index (κ1) is 11.4. The summed E-state index contributed by atoms with van der Waals surface area (Å²) in [6.45, 7) is 4.98. The second-order valence-corrected chi connectivity index (χ2v) is 5.44. The highest BCUT2D eigenvalue weighted by atomic mass is 16.2. The van der Waals surface area contributed by atoms with Crippen LogP contribution in [0.2, 0.25) is 0 Å². The van der Waals surface area contributed by atoms with Crippen molar-refractivity contribution >= 4 is 5.91 Å². The van der Waals surface area contributed by atoms with E-state index >= 15 is 0 Å². The van der Waals surface area contributed by atoms with Crippen molar-refractivity contribution in [1.29, 1.82) is 5.26 Å². The van der Waals surface area contributed by atoms with Crippen LogP contribution in [0, 0.1) is 11.3 Å². The summed E-state index contributed by atoms with van der Waals surface area (Å²) in [6, 6.07) is 1.94. The molecule has 0 spiro atoms. The van der Waals surface area contributed by atoms with Crippen molar-refractivity contribution in [1.82, 2.24) is 10.2 Å². The molecule has 2 aliphatic heterocycles. The molecule has 0 saturated carbocycles. The lowest BCUT2D eigenvalue weighted by molar-refractivity contribution is -0.133. The molecule has 0 aromatic rings. The molecular weight excluding hydrogens is 202 g/mol. The van der Waals surface area contributed by atoms with Gasteiger partial charge in [0.15, 0.2) is 0 Å². The second-order valence-electron chi connectivity index (χ2n) is 5.44. The summed E-state index contributed by atoms with van der Waals surface area (Å²) < 4.78 is 0. The predicted octanol–water partition coefficient (Wildman–Crippen LogP) is 1.03. The van der Waals surface area contributed by atoms with Gasteiger partial charge in [-0.2, -0.15) is 5.26 Å². The minimum atomic E-state index is -0.196. The lowest BCUT2D eigenvalue weighted by Gasteiger charge is -2.25. The Morgan fingerprint density at radius 1 is 1.50 bits per heavy atom. The molecule has 2 atom stereocenters. The Hall–Kier alpha value is -1.08. The third-order valence-corrected chi connectivity index (χ3v) is 3.61. The molecule has 2 heterocycles. The Morgan fingerprint density at radius 2 is 2.25 bits per heavy atom. The van der Waals surface area contributed by atoms with Crippen LogP contribution in [0.25, 0.3) is 0 Å². The lowest BCUT2D eigenvalue weighted by Crippen LogP contribution is -2.49. The Kier molecular flexibility index (Phi) is 2.90. The van der Waals surface area contributed by atoms with E-state index in [-0.39, 0.29) is 23.5 Å². The van der Waals surface area contributed by atoms with E-state index in [1.54, 1.807) is 4.90 Å². The van der Waals surface area contributed by atoms with Crippen LogP contribution in [0.1, 0.15) is 39.5 Å². The van der Waals surface area contributed by atoms with Gasteiger partial charge in [0.1, 0.15) is 6.04 Å². The summed E-state index contributed by atoms with van der Waals surface area (Å²) in [5.41, 5.74) is 0.0577. The molecule has 16 heavy (non-hydrogen) atoms. The van der Waals surface area contributed by atoms with Crippen LogP contribution in [0.15, 0.2) is 0 Å². The number of carbonyl (C=O) groups is 1. The SMILES string of the molecule is CC1(C)CC[C@@H](C(=O)N2CCCC2C#N)N1. The van der Waals surface area contributed by atoms with Crippen molar-refractivity contribution in [2.75, 3.05) is 6.54 Å². The van der Waals surface area contributed by atoms with E-state index in [4.69, 9.17) is 5.26 Å². The predicted molar refractivity (Wildman–Crippen MR) is 60.6 cm³/mol. The average Bonchev–Trinajstić information content (AvgIpc) is 2.82. The van der Waals surface area contributed by atoms with Crippen molar-refractivity contribution in [3.63, 3.8) is 0 Å². The zero-order valence-electron chi connectivity index (χ0n) is 9.99. The first-order chi connectivity index (χ1) is 7.53. The third kappa shape index (κ3) is 2.05. The molecule has 2 aliphatic rings. The molecule has 4 nitrogen and oxygen atoms in total. The average molecular weight is 221 g/mol. The fourth-order valence-corrected chi connectivity index (χ4v) is 2.67. The summed E-state index contributed by atoms with van der Waals surface area (Å²) in [6.07, 6.45) is 3.70. The molecule has 0 aliphatic carbocycles. The van der Waals surface area contributed by atoms with Crippen LogP contribution in [-0.2, 0) is 4.79 Å². The number of amides is 1. The molecule has 4 heteroatoms. The normalized spacial score (nSPS) is 32.7. The Balaban J connectivity index is 2.01. The maximum absolute atomic E-state index is 12.2. The molecule has 2 rings (SSSR count). The molecule has 0 radical (unpaired) electrons. The van der Waals surface area contributed by atoms with Gasteiger partial charge in [0, 0.05) is 12.1 Å². The highest BCUT2D eigenvalue weighted by molar-refractivity contribution is 5.83. The largest absolute Gasteiger partial charge is 0.325 e. The molecular formula is C12H19N3O. The lowest BCUT2D eigenvalue weighted by atomic mass is 10.0. The molecule has 2 saturated heterocycles. The van der Waals surface area contributed by atoms with Crippen molar-refractivity contribution in [2.24, 2.45) is 0 Å². The van der Waals surface area contributed by atoms with Gasteiger partial charge in [0.25, 0.3) is 0 Å². The van der Waals surface area contributed by atoms with E-state index in [1.165, 1.54) is 0 Å². The van der Waals surface area contributed by atoms with Crippen molar-refractivity contribution in [3.8, 4) is 6.07 Å².